The summed E-state index contributed by atoms with van der Waals surface area (Å²) in [5.74, 6) is 0.921. The van der Waals surface area contributed by atoms with Crippen molar-refractivity contribution in [1.82, 2.24) is 4.31 Å². The van der Waals surface area contributed by atoms with Gasteiger partial charge in [-0.05, 0) is 42.3 Å². The van der Waals surface area contributed by atoms with Gasteiger partial charge in [0.25, 0.3) is 0 Å². The van der Waals surface area contributed by atoms with Gasteiger partial charge in [-0.15, -0.1) is 0 Å². The number of rotatable bonds is 8. The normalized spacial score (nSPS) is 14.9. The Balaban J connectivity index is 1.70. The van der Waals surface area contributed by atoms with Crippen LogP contribution in [0.5, 0.6) is 11.5 Å². The third-order valence-electron chi connectivity index (χ3n) is 4.85. The molecule has 0 saturated carbocycles. The van der Waals surface area contributed by atoms with E-state index in [2.05, 4.69) is 5.32 Å². The molecule has 0 aliphatic carbocycles. The van der Waals surface area contributed by atoms with Gasteiger partial charge in [0.05, 0.1) is 38.0 Å². The highest BCUT2D eigenvalue weighted by molar-refractivity contribution is 7.89. The summed E-state index contributed by atoms with van der Waals surface area (Å²) in [6, 6.07) is 12.0. The number of morpholine rings is 1. The maximum absolute atomic E-state index is 12.9. The van der Waals surface area contributed by atoms with Crippen LogP contribution in [0.2, 0.25) is 0 Å². The third-order valence-corrected chi connectivity index (χ3v) is 6.75. The van der Waals surface area contributed by atoms with Crippen molar-refractivity contribution in [2.45, 2.75) is 17.7 Å². The lowest BCUT2D eigenvalue weighted by molar-refractivity contribution is -0.116. The Morgan fingerprint density at radius 2 is 1.77 bits per heavy atom. The van der Waals surface area contributed by atoms with Crippen molar-refractivity contribution in [1.29, 1.82) is 0 Å². The van der Waals surface area contributed by atoms with E-state index in [1.807, 2.05) is 24.3 Å². The molecule has 0 radical (unpaired) electrons. The Morgan fingerprint density at radius 3 is 2.40 bits per heavy atom. The van der Waals surface area contributed by atoms with E-state index in [1.54, 1.807) is 13.2 Å². The number of carbonyl (C=O) groups excluding carboxylic acids is 1. The van der Waals surface area contributed by atoms with Crippen LogP contribution in [0.3, 0.4) is 0 Å². The van der Waals surface area contributed by atoms with E-state index in [0.717, 1.165) is 11.3 Å². The molecule has 0 spiro atoms. The van der Waals surface area contributed by atoms with Crippen LogP contribution in [0.1, 0.15) is 12.0 Å². The average molecular weight is 435 g/mol. The standard InChI is InChI=1S/C21H26N2O6S/c1-27-17-6-3-16(4-7-17)5-10-21(24)22-19-15-18(8-9-20(19)28-2)30(25,26)23-11-13-29-14-12-23/h3-4,6-9,15H,5,10-14H2,1-2H3,(H,22,24). The molecular weight excluding hydrogens is 408 g/mol. The minimum absolute atomic E-state index is 0.107. The SMILES string of the molecule is COc1ccc(CCC(=O)Nc2cc(S(=O)(=O)N3CCOCC3)ccc2OC)cc1. The number of sulfonamides is 1. The van der Waals surface area contributed by atoms with Gasteiger partial charge in [0.1, 0.15) is 11.5 Å². The number of nitrogens with one attached hydrogen (secondary N) is 1. The molecule has 2 aromatic carbocycles. The fourth-order valence-corrected chi connectivity index (χ4v) is 4.58. The van der Waals surface area contributed by atoms with Gasteiger partial charge in [0.15, 0.2) is 0 Å². The van der Waals surface area contributed by atoms with Gasteiger partial charge in [0, 0.05) is 19.5 Å². The van der Waals surface area contributed by atoms with Crippen molar-refractivity contribution >= 4 is 21.6 Å². The van der Waals surface area contributed by atoms with E-state index in [1.165, 1.54) is 23.5 Å². The second-order valence-corrected chi connectivity index (χ2v) is 8.71. The molecule has 9 heteroatoms. The fraction of sp³-hybridized carbons (Fsp3) is 0.381. The van der Waals surface area contributed by atoms with Crippen LogP contribution in [0.15, 0.2) is 47.4 Å². The maximum atomic E-state index is 12.9. The van der Waals surface area contributed by atoms with Crippen molar-refractivity contribution in [2.75, 3.05) is 45.8 Å². The Bertz CT molecular complexity index is 969. The number of benzene rings is 2. The molecular formula is C21H26N2O6S. The Labute approximate surface area is 176 Å². The van der Waals surface area contributed by atoms with Crippen LogP contribution in [0.25, 0.3) is 0 Å². The van der Waals surface area contributed by atoms with E-state index in [9.17, 15) is 13.2 Å². The minimum Gasteiger partial charge on any atom is -0.497 e. The highest BCUT2D eigenvalue weighted by Crippen LogP contribution is 2.29. The number of anilines is 1. The molecule has 0 unspecified atom stereocenters. The van der Waals surface area contributed by atoms with Crippen molar-refractivity contribution in [2.24, 2.45) is 0 Å². The van der Waals surface area contributed by atoms with Crippen LogP contribution in [0.4, 0.5) is 5.69 Å². The summed E-state index contributed by atoms with van der Waals surface area (Å²) in [5.41, 5.74) is 1.33. The topological polar surface area (TPSA) is 94.2 Å². The summed E-state index contributed by atoms with van der Waals surface area (Å²) >= 11 is 0. The predicted octanol–water partition coefficient (Wildman–Crippen LogP) is 2.30. The maximum Gasteiger partial charge on any atom is 0.243 e. The first-order chi connectivity index (χ1) is 14.4. The molecule has 2 aromatic rings. The number of hydrogen-bond acceptors (Lipinski definition) is 6. The lowest BCUT2D eigenvalue weighted by atomic mass is 10.1. The zero-order valence-corrected chi connectivity index (χ0v) is 17.9. The molecule has 1 aliphatic heterocycles. The molecule has 0 bridgehead atoms. The van der Waals surface area contributed by atoms with Crippen molar-refractivity contribution in [3.05, 3.63) is 48.0 Å². The quantitative estimate of drug-likeness (QED) is 0.685. The smallest absolute Gasteiger partial charge is 0.243 e. The molecule has 0 atom stereocenters. The number of hydrogen-bond donors (Lipinski definition) is 1. The Kier molecular flexibility index (Phi) is 7.30. The second-order valence-electron chi connectivity index (χ2n) is 6.77. The van der Waals surface area contributed by atoms with Crippen LogP contribution >= 0.6 is 0 Å². The van der Waals surface area contributed by atoms with E-state index >= 15 is 0 Å². The van der Waals surface area contributed by atoms with Gasteiger partial charge < -0.3 is 19.5 Å². The number of amides is 1. The van der Waals surface area contributed by atoms with Crippen LogP contribution < -0.4 is 14.8 Å². The first-order valence-electron chi connectivity index (χ1n) is 9.63. The number of methoxy groups -OCH3 is 2. The van der Waals surface area contributed by atoms with E-state index in [4.69, 9.17) is 14.2 Å². The molecule has 162 valence electrons. The molecule has 1 amide bonds. The highest BCUT2D eigenvalue weighted by atomic mass is 32.2. The van der Waals surface area contributed by atoms with Gasteiger partial charge in [-0.1, -0.05) is 12.1 Å². The summed E-state index contributed by atoms with van der Waals surface area (Å²) in [5, 5.41) is 2.77. The molecule has 0 aromatic heterocycles. The lowest BCUT2D eigenvalue weighted by Gasteiger charge is -2.26. The fourth-order valence-electron chi connectivity index (χ4n) is 3.14. The van der Waals surface area contributed by atoms with Gasteiger partial charge in [-0.3, -0.25) is 4.79 Å². The van der Waals surface area contributed by atoms with Crippen molar-refractivity contribution in [3.63, 3.8) is 0 Å². The third kappa shape index (κ3) is 5.29. The molecule has 30 heavy (non-hydrogen) atoms. The summed E-state index contributed by atoms with van der Waals surface area (Å²) in [7, 11) is -0.601. The van der Waals surface area contributed by atoms with Gasteiger partial charge in [0.2, 0.25) is 15.9 Å². The zero-order valence-electron chi connectivity index (χ0n) is 17.1. The van der Waals surface area contributed by atoms with Crippen LogP contribution in [-0.4, -0.2) is 59.2 Å². The summed E-state index contributed by atoms with van der Waals surface area (Å²) in [6.07, 6.45) is 0.792. The summed E-state index contributed by atoms with van der Waals surface area (Å²) < 4.78 is 42.8. The number of aryl methyl sites for hydroxylation is 1. The largest absolute Gasteiger partial charge is 0.497 e. The molecule has 1 fully saturated rings. The zero-order chi connectivity index (χ0) is 21.6. The van der Waals surface area contributed by atoms with E-state index < -0.39 is 10.0 Å². The molecule has 1 aliphatic rings. The van der Waals surface area contributed by atoms with Crippen LogP contribution in [-0.2, 0) is 26.0 Å². The Morgan fingerprint density at radius 1 is 1.07 bits per heavy atom. The summed E-state index contributed by atoms with van der Waals surface area (Å²) in [6.45, 7) is 1.34. The molecule has 1 saturated heterocycles. The van der Waals surface area contributed by atoms with Crippen molar-refractivity contribution in [3.8, 4) is 11.5 Å². The van der Waals surface area contributed by atoms with E-state index in [-0.39, 0.29) is 17.2 Å². The van der Waals surface area contributed by atoms with E-state index in [0.29, 0.717) is 44.2 Å². The minimum atomic E-state index is -3.67. The number of nitrogens with zero attached hydrogens (tertiary/aromatic N) is 1. The molecule has 1 N–H and O–H groups in total. The molecule has 3 rings (SSSR count). The monoisotopic (exact) mass is 434 g/mol. The van der Waals surface area contributed by atoms with Gasteiger partial charge in [-0.25, -0.2) is 8.42 Å². The van der Waals surface area contributed by atoms with Crippen LogP contribution in [0, 0.1) is 0 Å². The molecule has 1 heterocycles. The average Bonchev–Trinajstić information content (AvgIpc) is 2.78. The van der Waals surface area contributed by atoms with Gasteiger partial charge in [-0.2, -0.15) is 4.31 Å². The molecule has 8 nitrogen and oxygen atoms in total. The lowest BCUT2D eigenvalue weighted by Crippen LogP contribution is -2.40. The first-order valence-corrected chi connectivity index (χ1v) is 11.1. The second kappa shape index (κ2) is 9.92. The predicted molar refractivity (Wildman–Crippen MR) is 113 cm³/mol. The number of carbonyl (C=O) groups is 1. The summed E-state index contributed by atoms with van der Waals surface area (Å²) in [4.78, 5) is 12.6. The number of ether oxygens (including phenoxy) is 3. The Hall–Kier alpha value is -2.62. The van der Waals surface area contributed by atoms with Gasteiger partial charge >= 0.3 is 0 Å². The van der Waals surface area contributed by atoms with Crippen molar-refractivity contribution < 1.29 is 27.4 Å². The first kappa shape index (κ1) is 22.1. The highest BCUT2D eigenvalue weighted by Gasteiger charge is 2.27.